The Hall–Kier alpha value is -0.0800. The van der Waals surface area contributed by atoms with E-state index in [9.17, 15) is 0 Å². The third-order valence-corrected chi connectivity index (χ3v) is 4.17. The summed E-state index contributed by atoms with van der Waals surface area (Å²) in [6.07, 6.45) is 10.9. The van der Waals surface area contributed by atoms with Gasteiger partial charge in [-0.2, -0.15) is 0 Å². The average molecular weight is 226 g/mol. The molecule has 0 saturated heterocycles. The maximum Gasteiger partial charge on any atom is 0.0120 e. The number of unbranched alkanes of at least 4 members (excludes halogenated alkanes) is 2. The van der Waals surface area contributed by atoms with E-state index in [1.165, 1.54) is 57.9 Å². The van der Waals surface area contributed by atoms with Gasteiger partial charge in [0, 0.05) is 6.04 Å². The van der Waals surface area contributed by atoms with Crippen molar-refractivity contribution in [2.75, 3.05) is 20.1 Å². The summed E-state index contributed by atoms with van der Waals surface area (Å²) in [5.41, 5.74) is 5.52. The highest BCUT2D eigenvalue weighted by atomic mass is 15.1. The Balaban J connectivity index is 2.24. The molecular formula is C14H30N2. The molecule has 0 aromatic rings. The van der Waals surface area contributed by atoms with E-state index in [-0.39, 0.29) is 0 Å². The van der Waals surface area contributed by atoms with Crippen LogP contribution in [0, 0.1) is 5.92 Å². The van der Waals surface area contributed by atoms with Crippen LogP contribution in [0.1, 0.15) is 58.3 Å². The first-order valence-electron chi connectivity index (χ1n) is 7.20. The molecule has 2 N–H and O–H groups in total. The zero-order valence-corrected chi connectivity index (χ0v) is 11.3. The molecule has 2 unspecified atom stereocenters. The molecule has 2 nitrogen and oxygen atoms in total. The zero-order valence-electron chi connectivity index (χ0n) is 11.3. The SMILES string of the molecule is CCC1CCCCC1N(C)CCCCCN. The second-order valence-corrected chi connectivity index (χ2v) is 5.35. The Morgan fingerprint density at radius 3 is 2.56 bits per heavy atom. The second-order valence-electron chi connectivity index (χ2n) is 5.35. The van der Waals surface area contributed by atoms with Gasteiger partial charge in [0.15, 0.2) is 0 Å². The van der Waals surface area contributed by atoms with Gasteiger partial charge in [-0.3, -0.25) is 0 Å². The predicted molar refractivity (Wildman–Crippen MR) is 71.6 cm³/mol. The molecule has 1 rings (SSSR count). The quantitative estimate of drug-likeness (QED) is 0.676. The molecule has 0 aromatic carbocycles. The summed E-state index contributed by atoms with van der Waals surface area (Å²) in [4.78, 5) is 2.61. The molecule has 96 valence electrons. The largest absolute Gasteiger partial charge is 0.330 e. The Morgan fingerprint density at radius 2 is 1.88 bits per heavy atom. The summed E-state index contributed by atoms with van der Waals surface area (Å²) in [5.74, 6) is 0.952. The molecule has 0 heterocycles. The van der Waals surface area contributed by atoms with Gasteiger partial charge in [0.05, 0.1) is 0 Å². The van der Waals surface area contributed by atoms with Crippen LogP contribution in [0.2, 0.25) is 0 Å². The molecule has 0 aliphatic heterocycles. The lowest BCUT2D eigenvalue weighted by molar-refractivity contribution is 0.125. The first-order valence-corrected chi connectivity index (χ1v) is 7.20. The van der Waals surface area contributed by atoms with Crippen LogP contribution in [0.5, 0.6) is 0 Å². The van der Waals surface area contributed by atoms with Crippen molar-refractivity contribution in [2.45, 2.75) is 64.3 Å². The van der Waals surface area contributed by atoms with Crippen LogP contribution in [0.25, 0.3) is 0 Å². The van der Waals surface area contributed by atoms with Crippen LogP contribution in [-0.2, 0) is 0 Å². The Labute approximate surface area is 102 Å². The minimum absolute atomic E-state index is 0.852. The molecule has 1 aliphatic rings. The average Bonchev–Trinajstić information content (AvgIpc) is 2.34. The van der Waals surface area contributed by atoms with Crippen LogP contribution in [0.3, 0.4) is 0 Å². The minimum Gasteiger partial charge on any atom is -0.330 e. The Kier molecular flexibility index (Phi) is 7.06. The first kappa shape index (κ1) is 14.0. The van der Waals surface area contributed by atoms with Crippen LogP contribution < -0.4 is 5.73 Å². The summed E-state index contributed by atoms with van der Waals surface area (Å²) in [7, 11) is 2.32. The fourth-order valence-corrected chi connectivity index (χ4v) is 3.09. The molecular weight excluding hydrogens is 196 g/mol. The Morgan fingerprint density at radius 1 is 1.12 bits per heavy atom. The summed E-state index contributed by atoms with van der Waals surface area (Å²) >= 11 is 0. The number of hydrogen-bond donors (Lipinski definition) is 1. The molecule has 0 radical (unpaired) electrons. The topological polar surface area (TPSA) is 29.3 Å². The number of nitrogens with two attached hydrogens (primary N) is 1. The summed E-state index contributed by atoms with van der Waals surface area (Å²) in [6, 6.07) is 0.858. The molecule has 16 heavy (non-hydrogen) atoms. The van der Waals surface area contributed by atoms with Gasteiger partial charge in [-0.05, 0) is 51.7 Å². The Bertz CT molecular complexity index is 170. The van der Waals surface area contributed by atoms with Crippen LogP contribution in [-0.4, -0.2) is 31.1 Å². The summed E-state index contributed by atoms with van der Waals surface area (Å²) in [6.45, 7) is 4.47. The molecule has 1 saturated carbocycles. The van der Waals surface area contributed by atoms with E-state index in [1.54, 1.807) is 0 Å². The number of hydrogen-bond acceptors (Lipinski definition) is 2. The first-order chi connectivity index (χ1) is 7.79. The molecule has 2 heteroatoms. The zero-order chi connectivity index (χ0) is 11.8. The highest BCUT2D eigenvalue weighted by Gasteiger charge is 2.26. The molecule has 2 atom stereocenters. The number of rotatable bonds is 7. The second kappa shape index (κ2) is 8.08. The molecule has 1 aliphatic carbocycles. The van der Waals surface area contributed by atoms with Crippen molar-refractivity contribution >= 4 is 0 Å². The van der Waals surface area contributed by atoms with E-state index in [0.717, 1.165) is 18.5 Å². The van der Waals surface area contributed by atoms with Gasteiger partial charge >= 0.3 is 0 Å². The van der Waals surface area contributed by atoms with E-state index < -0.39 is 0 Å². The van der Waals surface area contributed by atoms with Gasteiger partial charge in [0.25, 0.3) is 0 Å². The minimum atomic E-state index is 0.852. The smallest absolute Gasteiger partial charge is 0.0120 e. The third kappa shape index (κ3) is 4.42. The highest BCUT2D eigenvalue weighted by molar-refractivity contribution is 4.81. The lowest BCUT2D eigenvalue weighted by Gasteiger charge is -2.37. The van der Waals surface area contributed by atoms with Crippen LogP contribution >= 0.6 is 0 Å². The lowest BCUT2D eigenvalue weighted by Crippen LogP contribution is -2.40. The van der Waals surface area contributed by atoms with Crippen molar-refractivity contribution in [3.05, 3.63) is 0 Å². The van der Waals surface area contributed by atoms with Crippen molar-refractivity contribution < 1.29 is 0 Å². The van der Waals surface area contributed by atoms with Crippen LogP contribution in [0.4, 0.5) is 0 Å². The monoisotopic (exact) mass is 226 g/mol. The highest BCUT2D eigenvalue weighted by Crippen LogP contribution is 2.30. The molecule has 0 aromatic heterocycles. The van der Waals surface area contributed by atoms with Crippen LogP contribution in [0.15, 0.2) is 0 Å². The molecule has 0 amide bonds. The fraction of sp³-hybridized carbons (Fsp3) is 1.00. The maximum absolute atomic E-state index is 5.52. The van der Waals surface area contributed by atoms with Gasteiger partial charge in [-0.15, -0.1) is 0 Å². The normalized spacial score (nSPS) is 26.2. The lowest BCUT2D eigenvalue weighted by atomic mass is 9.82. The van der Waals surface area contributed by atoms with E-state index >= 15 is 0 Å². The van der Waals surface area contributed by atoms with E-state index in [2.05, 4.69) is 18.9 Å². The fourth-order valence-electron chi connectivity index (χ4n) is 3.09. The van der Waals surface area contributed by atoms with Gasteiger partial charge in [0.2, 0.25) is 0 Å². The maximum atomic E-state index is 5.52. The standard InChI is InChI=1S/C14H30N2/c1-3-13-9-5-6-10-14(13)16(2)12-8-4-7-11-15/h13-14H,3-12,15H2,1-2H3. The summed E-state index contributed by atoms with van der Waals surface area (Å²) < 4.78 is 0. The van der Waals surface area contributed by atoms with Gasteiger partial charge in [0.1, 0.15) is 0 Å². The van der Waals surface area contributed by atoms with E-state index in [4.69, 9.17) is 5.73 Å². The van der Waals surface area contributed by atoms with E-state index in [0.29, 0.717) is 0 Å². The third-order valence-electron chi connectivity index (χ3n) is 4.17. The van der Waals surface area contributed by atoms with Crippen molar-refractivity contribution in [1.82, 2.24) is 4.90 Å². The van der Waals surface area contributed by atoms with E-state index in [1.807, 2.05) is 0 Å². The van der Waals surface area contributed by atoms with Crippen molar-refractivity contribution in [3.8, 4) is 0 Å². The van der Waals surface area contributed by atoms with Crippen molar-refractivity contribution in [1.29, 1.82) is 0 Å². The van der Waals surface area contributed by atoms with Gasteiger partial charge in [-0.25, -0.2) is 0 Å². The molecule has 1 fully saturated rings. The predicted octanol–water partition coefficient (Wildman–Crippen LogP) is 3.02. The van der Waals surface area contributed by atoms with Gasteiger partial charge in [-0.1, -0.05) is 32.6 Å². The van der Waals surface area contributed by atoms with Crippen molar-refractivity contribution in [2.24, 2.45) is 11.7 Å². The van der Waals surface area contributed by atoms with Crippen molar-refractivity contribution in [3.63, 3.8) is 0 Å². The van der Waals surface area contributed by atoms with Gasteiger partial charge < -0.3 is 10.6 Å². The molecule has 0 spiro atoms. The molecule has 0 bridgehead atoms. The number of nitrogens with zero attached hydrogens (tertiary/aromatic N) is 1. The summed E-state index contributed by atoms with van der Waals surface area (Å²) in [5, 5.41) is 0.